The average Bonchev–Trinajstić information content (AvgIpc) is 3.03. The third kappa shape index (κ3) is 3.15. The number of carbonyl (C=O) groups is 1. The van der Waals surface area contributed by atoms with Gasteiger partial charge in [0.25, 0.3) is 0 Å². The lowest BCUT2D eigenvalue weighted by molar-refractivity contribution is 0.110. The van der Waals surface area contributed by atoms with Crippen molar-refractivity contribution in [2.75, 3.05) is 0 Å². The number of carbonyl (C=O) groups excluding carboxylic acids is 1. The van der Waals surface area contributed by atoms with Crippen LogP contribution in [0.2, 0.25) is 0 Å². The molecule has 0 saturated carbocycles. The summed E-state index contributed by atoms with van der Waals surface area (Å²) in [5.41, 5.74) is 3.15. The molecule has 21 heavy (non-hydrogen) atoms. The van der Waals surface area contributed by atoms with Gasteiger partial charge in [0, 0.05) is 18.0 Å². The zero-order valence-corrected chi connectivity index (χ0v) is 11.3. The summed E-state index contributed by atoms with van der Waals surface area (Å²) >= 11 is 0. The van der Waals surface area contributed by atoms with Crippen molar-refractivity contribution in [2.45, 2.75) is 0 Å². The van der Waals surface area contributed by atoms with Crippen LogP contribution in [0.4, 0.5) is 0 Å². The molecule has 0 aliphatic carbocycles. The largest absolute Gasteiger partial charge is 0.453 e. The van der Waals surface area contributed by atoms with Crippen molar-refractivity contribution < 1.29 is 9.21 Å². The molecule has 0 fully saturated rings. The van der Waals surface area contributed by atoms with Gasteiger partial charge in [-0.1, -0.05) is 36.4 Å². The van der Waals surface area contributed by atoms with Crippen molar-refractivity contribution in [2.24, 2.45) is 0 Å². The number of pyridine rings is 1. The number of furan rings is 1. The summed E-state index contributed by atoms with van der Waals surface area (Å²) in [5, 5.41) is 0. The van der Waals surface area contributed by atoms with Gasteiger partial charge in [0.15, 0.2) is 12.0 Å². The highest BCUT2D eigenvalue weighted by atomic mass is 16.3. The molecule has 0 atom stereocenters. The zero-order chi connectivity index (χ0) is 14.5. The second-order valence-corrected chi connectivity index (χ2v) is 4.56. The van der Waals surface area contributed by atoms with E-state index in [1.54, 1.807) is 24.5 Å². The van der Waals surface area contributed by atoms with Gasteiger partial charge in [0.05, 0.1) is 0 Å². The smallest absolute Gasteiger partial charge is 0.185 e. The van der Waals surface area contributed by atoms with Gasteiger partial charge in [-0.3, -0.25) is 9.78 Å². The quantitative estimate of drug-likeness (QED) is 0.666. The standard InChI is InChI=1S/C18H13NO2/c20-13-17-7-8-18(21-17)16-5-3-14(4-6-16)1-2-15-9-11-19-12-10-15/h1-13H. The van der Waals surface area contributed by atoms with E-state index in [9.17, 15) is 4.79 Å². The minimum absolute atomic E-state index is 0.339. The number of aldehydes is 1. The lowest BCUT2D eigenvalue weighted by Crippen LogP contribution is -1.77. The fraction of sp³-hybridized carbons (Fsp3) is 0. The Hall–Kier alpha value is -2.94. The Morgan fingerprint density at radius 3 is 2.10 bits per heavy atom. The van der Waals surface area contributed by atoms with Crippen LogP contribution in [-0.2, 0) is 0 Å². The van der Waals surface area contributed by atoms with E-state index < -0.39 is 0 Å². The molecule has 0 N–H and O–H groups in total. The van der Waals surface area contributed by atoms with E-state index in [-0.39, 0.29) is 0 Å². The Bertz CT molecular complexity index is 755. The molecule has 0 spiro atoms. The van der Waals surface area contributed by atoms with E-state index >= 15 is 0 Å². The summed E-state index contributed by atoms with van der Waals surface area (Å²) in [6.07, 6.45) is 8.32. The Morgan fingerprint density at radius 2 is 1.48 bits per heavy atom. The van der Waals surface area contributed by atoms with Crippen molar-refractivity contribution in [3.05, 3.63) is 77.8 Å². The van der Waals surface area contributed by atoms with E-state index in [0.717, 1.165) is 16.7 Å². The Morgan fingerprint density at radius 1 is 0.810 bits per heavy atom. The van der Waals surface area contributed by atoms with Crippen molar-refractivity contribution in [1.82, 2.24) is 4.98 Å². The van der Waals surface area contributed by atoms with E-state index in [2.05, 4.69) is 4.98 Å². The first-order valence-corrected chi connectivity index (χ1v) is 6.59. The summed E-state index contributed by atoms with van der Waals surface area (Å²) in [4.78, 5) is 14.6. The Balaban J connectivity index is 1.78. The van der Waals surface area contributed by atoms with Crippen LogP contribution in [0.15, 0.2) is 65.3 Å². The minimum atomic E-state index is 0.339. The van der Waals surface area contributed by atoms with Crippen LogP contribution >= 0.6 is 0 Å². The monoisotopic (exact) mass is 275 g/mol. The van der Waals surface area contributed by atoms with E-state index in [4.69, 9.17) is 4.42 Å². The average molecular weight is 275 g/mol. The zero-order valence-electron chi connectivity index (χ0n) is 11.3. The van der Waals surface area contributed by atoms with Crippen molar-refractivity contribution in [3.8, 4) is 11.3 Å². The maximum Gasteiger partial charge on any atom is 0.185 e. The van der Waals surface area contributed by atoms with Gasteiger partial charge >= 0.3 is 0 Å². The molecular formula is C18H13NO2. The maximum absolute atomic E-state index is 10.6. The number of aromatic nitrogens is 1. The van der Waals surface area contributed by atoms with Crippen LogP contribution < -0.4 is 0 Å². The summed E-state index contributed by atoms with van der Waals surface area (Å²) in [6, 6.07) is 15.3. The second-order valence-electron chi connectivity index (χ2n) is 4.56. The van der Waals surface area contributed by atoms with Crippen LogP contribution in [0.25, 0.3) is 23.5 Å². The van der Waals surface area contributed by atoms with Crippen LogP contribution in [0.5, 0.6) is 0 Å². The minimum Gasteiger partial charge on any atom is -0.453 e. The Labute approximate surface area is 122 Å². The van der Waals surface area contributed by atoms with Gasteiger partial charge in [-0.25, -0.2) is 0 Å². The van der Waals surface area contributed by atoms with Gasteiger partial charge in [-0.15, -0.1) is 0 Å². The normalized spacial score (nSPS) is 10.9. The molecule has 3 aromatic rings. The first-order valence-electron chi connectivity index (χ1n) is 6.59. The third-order valence-corrected chi connectivity index (χ3v) is 3.11. The molecule has 0 aliphatic heterocycles. The highest BCUT2D eigenvalue weighted by Crippen LogP contribution is 2.22. The molecule has 0 radical (unpaired) electrons. The van der Waals surface area contributed by atoms with Gasteiger partial charge in [-0.2, -0.15) is 0 Å². The topological polar surface area (TPSA) is 43.1 Å². The SMILES string of the molecule is O=Cc1ccc(-c2ccc(C=Cc3ccncc3)cc2)o1. The number of nitrogens with zero attached hydrogens (tertiary/aromatic N) is 1. The molecule has 1 aromatic carbocycles. The predicted molar refractivity (Wildman–Crippen MR) is 82.7 cm³/mol. The molecule has 3 rings (SSSR count). The number of hydrogen-bond donors (Lipinski definition) is 0. The molecule has 0 amide bonds. The van der Waals surface area contributed by atoms with Gasteiger partial charge in [0.2, 0.25) is 0 Å². The predicted octanol–water partition coefficient (Wildman–Crippen LogP) is 4.32. The summed E-state index contributed by atoms with van der Waals surface area (Å²) < 4.78 is 5.39. The van der Waals surface area contributed by atoms with E-state index in [1.807, 2.05) is 48.6 Å². The molecule has 0 saturated heterocycles. The second kappa shape index (κ2) is 6.01. The number of rotatable bonds is 4. The third-order valence-electron chi connectivity index (χ3n) is 3.11. The fourth-order valence-electron chi connectivity index (χ4n) is 2.00. The van der Waals surface area contributed by atoms with Crippen LogP contribution in [-0.4, -0.2) is 11.3 Å². The van der Waals surface area contributed by atoms with E-state index in [0.29, 0.717) is 17.8 Å². The highest BCUT2D eigenvalue weighted by Gasteiger charge is 2.03. The molecule has 0 unspecified atom stereocenters. The lowest BCUT2D eigenvalue weighted by atomic mass is 10.1. The molecule has 0 aliphatic rings. The summed E-state index contributed by atoms with van der Waals surface area (Å²) in [5.74, 6) is 1.04. The molecule has 0 bridgehead atoms. The van der Waals surface area contributed by atoms with Crippen LogP contribution in [0.3, 0.4) is 0 Å². The van der Waals surface area contributed by atoms with Crippen molar-refractivity contribution >= 4 is 18.4 Å². The molecular weight excluding hydrogens is 262 g/mol. The number of hydrogen-bond acceptors (Lipinski definition) is 3. The van der Waals surface area contributed by atoms with E-state index in [1.165, 1.54) is 0 Å². The van der Waals surface area contributed by atoms with Crippen LogP contribution in [0.1, 0.15) is 21.7 Å². The Kier molecular flexibility index (Phi) is 3.74. The summed E-state index contributed by atoms with van der Waals surface area (Å²) in [7, 11) is 0. The highest BCUT2D eigenvalue weighted by molar-refractivity contribution is 5.74. The lowest BCUT2D eigenvalue weighted by Gasteiger charge is -1.98. The molecule has 102 valence electrons. The maximum atomic E-state index is 10.6. The summed E-state index contributed by atoms with van der Waals surface area (Å²) in [6.45, 7) is 0. The van der Waals surface area contributed by atoms with Gasteiger partial charge in [0.1, 0.15) is 5.76 Å². The first kappa shape index (κ1) is 13.1. The van der Waals surface area contributed by atoms with Crippen molar-refractivity contribution in [1.29, 1.82) is 0 Å². The van der Waals surface area contributed by atoms with Gasteiger partial charge < -0.3 is 4.42 Å². The van der Waals surface area contributed by atoms with Crippen LogP contribution in [0, 0.1) is 0 Å². The molecule has 3 nitrogen and oxygen atoms in total. The molecule has 2 heterocycles. The molecule has 3 heteroatoms. The van der Waals surface area contributed by atoms with Crippen molar-refractivity contribution in [3.63, 3.8) is 0 Å². The molecule has 2 aromatic heterocycles. The number of benzene rings is 1. The van der Waals surface area contributed by atoms with Gasteiger partial charge in [-0.05, 0) is 35.4 Å². The fourth-order valence-corrected chi connectivity index (χ4v) is 2.00. The first-order chi connectivity index (χ1) is 10.3.